The molecular weight excluding hydrogens is 338 g/mol. The van der Waals surface area contributed by atoms with E-state index in [4.69, 9.17) is 5.73 Å². The molecule has 0 unspecified atom stereocenters. The van der Waals surface area contributed by atoms with Gasteiger partial charge in [-0.3, -0.25) is 24.6 Å². The molecule has 142 valence electrons. The molecular formula is C18H25N3O5. The first-order valence-electron chi connectivity index (χ1n) is 8.74. The summed E-state index contributed by atoms with van der Waals surface area (Å²) < 4.78 is 0. The largest absolute Gasteiger partial charge is 0.480 e. The van der Waals surface area contributed by atoms with E-state index in [1.165, 1.54) is 4.90 Å². The molecule has 1 amide bonds. The molecule has 0 bridgehead atoms. The maximum absolute atomic E-state index is 12.9. The van der Waals surface area contributed by atoms with Crippen LogP contribution in [0.4, 0.5) is 5.69 Å². The molecule has 8 heteroatoms. The summed E-state index contributed by atoms with van der Waals surface area (Å²) in [6, 6.07) is 5.54. The van der Waals surface area contributed by atoms with Gasteiger partial charge in [-0.15, -0.1) is 0 Å². The van der Waals surface area contributed by atoms with Crippen molar-refractivity contribution in [1.29, 1.82) is 0 Å². The van der Waals surface area contributed by atoms with Gasteiger partial charge in [0.2, 0.25) is 5.91 Å². The van der Waals surface area contributed by atoms with E-state index in [0.717, 1.165) is 5.56 Å². The summed E-state index contributed by atoms with van der Waals surface area (Å²) in [6.07, 6.45) is 2.68. The number of amides is 1. The first kappa shape index (κ1) is 19.9. The lowest BCUT2D eigenvalue weighted by molar-refractivity contribution is -0.140. The lowest BCUT2D eigenvalue weighted by Gasteiger charge is -2.26. The van der Waals surface area contributed by atoms with E-state index in [-0.39, 0.29) is 0 Å². The van der Waals surface area contributed by atoms with E-state index in [1.807, 2.05) is 12.1 Å². The Balaban J connectivity index is 2.20. The molecule has 0 saturated heterocycles. The Morgan fingerprint density at radius 2 is 2.00 bits per heavy atom. The van der Waals surface area contributed by atoms with Crippen molar-refractivity contribution < 1.29 is 24.6 Å². The highest BCUT2D eigenvalue weighted by molar-refractivity contribution is 6.02. The zero-order valence-corrected chi connectivity index (χ0v) is 14.6. The topological polar surface area (TPSA) is 133 Å². The first-order chi connectivity index (χ1) is 12.4. The van der Waals surface area contributed by atoms with Gasteiger partial charge in [0.25, 0.3) is 0 Å². The molecule has 0 spiro atoms. The molecule has 0 fully saturated rings. The number of unbranched alkanes of at least 4 members (excludes halogenated alkanes) is 1. The Labute approximate surface area is 152 Å². The number of carboxylic acid groups (broad SMARTS) is 2. The number of aliphatic carboxylic acids is 2. The average Bonchev–Trinajstić information content (AvgIpc) is 2.72. The van der Waals surface area contributed by atoms with E-state index in [9.17, 15) is 24.6 Å². The minimum atomic E-state index is -1.12. The number of fused-ring (bicyclic) bond motifs is 1. The minimum Gasteiger partial charge on any atom is -0.480 e. The maximum atomic E-state index is 12.9. The third-order valence-corrected chi connectivity index (χ3v) is 4.49. The van der Waals surface area contributed by atoms with Gasteiger partial charge in [-0.25, -0.2) is 0 Å². The van der Waals surface area contributed by atoms with Crippen LogP contribution in [0.2, 0.25) is 0 Å². The normalized spacial score (nSPS) is 18.1. The van der Waals surface area contributed by atoms with Gasteiger partial charge in [0, 0.05) is 5.69 Å². The number of benzene rings is 1. The molecule has 1 heterocycles. The summed E-state index contributed by atoms with van der Waals surface area (Å²) in [4.78, 5) is 36.9. The van der Waals surface area contributed by atoms with Crippen LogP contribution in [-0.4, -0.2) is 53.2 Å². The van der Waals surface area contributed by atoms with Gasteiger partial charge in [-0.1, -0.05) is 24.6 Å². The second kappa shape index (κ2) is 9.30. The van der Waals surface area contributed by atoms with Crippen LogP contribution in [0.25, 0.3) is 0 Å². The number of nitrogens with zero attached hydrogens (tertiary/aromatic N) is 1. The smallest absolute Gasteiger partial charge is 0.323 e. The quantitative estimate of drug-likeness (QED) is 0.472. The highest BCUT2D eigenvalue weighted by Gasteiger charge is 2.33. The summed E-state index contributed by atoms with van der Waals surface area (Å²) in [6.45, 7) is 0.0232. The van der Waals surface area contributed by atoms with Crippen LogP contribution < -0.4 is 16.0 Å². The van der Waals surface area contributed by atoms with Crippen LogP contribution in [0.1, 0.15) is 31.2 Å². The van der Waals surface area contributed by atoms with Gasteiger partial charge in [0.15, 0.2) is 0 Å². The van der Waals surface area contributed by atoms with Crippen LogP contribution in [0.5, 0.6) is 0 Å². The van der Waals surface area contributed by atoms with Gasteiger partial charge < -0.3 is 15.9 Å². The summed E-state index contributed by atoms with van der Waals surface area (Å²) >= 11 is 0. The highest BCUT2D eigenvalue weighted by Crippen LogP contribution is 2.27. The van der Waals surface area contributed by atoms with Crippen LogP contribution in [-0.2, 0) is 20.8 Å². The van der Waals surface area contributed by atoms with Crippen LogP contribution in [0.15, 0.2) is 24.3 Å². The zero-order chi connectivity index (χ0) is 19.1. The molecule has 1 aromatic carbocycles. The van der Waals surface area contributed by atoms with Crippen molar-refractivity contribution in [3.63, 3.8) is 0 Å². The highest BCUT2D eigenvalue weighted by atomic mass is 16.4. The molecule has 2 rings (SSSR count). The summed E-state index contributed by atoms with van der Waals surface area (Å²) in [5.74, 6) is -2.56. The van der Waals surface area contributed by atoms with Crippen molar-refractivity contribution in [2.24, 2.45) is 5.73 Å². The number of carbonyl (C=O) groups is 3. The Kier molecular flexibility index (Phi) is 7.11. The predicted molar refractivity (Wildman–Crippen MR) is 96.0 cm³/mol. The average molecular weight is 363 g/mol. The number of nitrogens with two attached hydrogens (primary N) is 1. The number of hydrogen-bond donors (Lipinski definition) is 4. The van der Waals surface area contributed by atoms with Gasteiger partial charge in [-0.05, 0) is 43.9 Å². The van der Waals surface area contributed by atoms with Crippen molar-refractivity contribution in [3.8, 4) is 0 Å². The van der Waals surface area contributed by atoms with Crippen molar-refractivity contribution in [3.05, 3.63) is 29.8 Å². The molecule has 1 aliphatic heterocycles. The van der Waals surface area contributed by atoms with Crippen molar-refractivity contribution in [2.75, 3.05) is 18.0 Å². The van der Waals surface area contributed by atoms with Crippen molar-refractivity contribution in [1.82, 2.24) is 5.32 Å². The van der Waals surface area contributed by atoms with E-state index >= 15 is 0 Å². The fourth-order valence-electron chi connectivity index (χ4n) is 3.18. The Bertz CT molecular complexity index is 664. The lowest BCUT2D eigenvalue weighted by atomic mass is 10.0. The number of carboxylic acids is 2. The Morgan fingerprint density at radius 1 is 1.27 bits per heavy atom. The summed E-state index contributed by atoms with van der Waals surface area (Å²) in [5.41, 5.74) is 6.89. The fraction of sp³-hybridized carbons (Fsp3) is 0.500. The Hall–Kier alpha value is -2.45. The molecule has 1 aliphatic rings. The number of carbonyl (C=O) groups excluding carboxylic acids is 1. The van der Waals surface area contributed by atoms with Gasteiger partial charge in [0.1, 0.15) is 12.6 Å². The lowest BCUT2D eigenvalue weighted by Crippen LogP contribution is -2.52. The number of nitrogens with one attached hydrogen (secondary N) is 1. The zero-order valence-electron chi connectivity index (χ0n) is 14.6. The summed E-state index contributed by atoms with van der Waals surface area (Å²) in [5, 5.41) is 21.5. The third kappa shape index (κ3) is 5.03. The second-order valence-corrected chi connectivity index (χ2v) is 6.38. The molecule has 0 radical (unpaired) electrons. The Morgan fingerprint density at radius 3 is 2.65 bits per heavy atom. The predicted octanol–water partition coefficient (Wildman–Crippen LogP) is 0.591. The maximum Gasteiger partial charge on any atom is 0.323 e. The molecule has 8 nitrogen and oxygen atoms in total. The molecule has 26 heavy (non-hydrogen) atoms. The van der Waals surface area contributed by atoms with Crippen molar-refractivity contribution in [2.45, 2.75) is 44.2 Å². The van der Waals surface area contributed by atoms with Gasteiger partial charge >= 0.3 is 11.9 Å². The van der Waals surface area contributed by atoms with E-state index < -0.39 is 36.5 Å². The van der Waals surface area contributed by atoms with Crippen LogP contribution >= 0.6 is 0 Å². The molecule has 1 aromatic rings. The van der Waals surface area contributed by atoms with Gasteiger partial charge in [0.05, 0.1) is 6.04 Å². The van der Waals surface area contributed by atoms with E-state index in [1.54, 1.807) is 12.1 Å². The van der Waals surface area contributed by atoms with Crippen molar-refractivity contribution >= 4 is 23.5 Å². The fourth-order valence-corrected chi connectivity index (χ4v) is 3.18. The molecule has 2 atom stereocenters. The summed E-state index contributed by atoms with van der Waals surface area (Å²) in [7, 11) is 0. The third-order valence-electron chi connectivity index (χ3n) is 4.49. The minimum absolute atomic E-state index is 0.363. The standard InChI is InChI=1S/C18H25N3O5/c19-10-4-3-6-14(18(25)26)20-13-9-8-12-5-1-2-7-15(12)21(17(13)24)11-16(22)23/h1-2,5,7,13-14,20H,3-4,6,8-11,19H2,(H,22,23)(H,25,26)/t13-,14+/m1/s1. The molecule has 0 aromatic heterocycles. The number of anilines is 1. The van der Waals surface area contributed by atoms with Crippen LogP contribution in [0, 0.1) is 0 Å². The van der Waals surface area contributed by atoms with E-state index in [0.29, 0.717) is 44.3 Å². The number of aryl methyl sites for hydroxylation is 1. The number of para-hydroxylation sites is 1. The monoisotopic (exact) mass is 363 g/mol. The molecule has 5 N–H and O–H groups in total. The van der Waals surface area contributed by atoms with E-state index in [2.05, 4.69) is 5.32 Å². The molecule has 0 aliphatic carbocycles. The van der Waals surface area contributed by atoms with Crippen LogP contribution in [0.3, 0.4) is 0 Å². The SMILES string of the molecule is NCCCC[C@H](N[C@@H]1CCc2ccccc2N(CC(=O)O)C1=O)C(=O)O. The first-order valence-corrected chi connectivity index (χ1v) is 8.74. The molecule has 0 saturated carbocycles. The number of rotatable bonds is 9. The number of hydrogen-bond acceptors (Lipinski definition) is 5. The van der Waals surface area contributed by atoms with Gasteiger partial charge in [-0.2, -0.15) is 0 Å². The second-order valence-electron chi connectivity index (χ2n) is 6.38.